The van der Waals surface area contributed by atoms with E-state index in [9.17, 15) is 14.4 Å². The summed E-state index contributed by atoms with van der Waals surface area (Å²) in [5, 5.41) is 6.46. The zero-order valence-electron chi connectivity index (χ0n) is 18.3. The molecular formula is C22H25N5O6. The van der Waals surface area contributed by atoms with Gasteiger partial charge in [-0.2, -0.15) is 0 Å². The van der Waals surface area contributed by atoms with E-state index >= 15 is 0 Å². The highest BCUT2D eigenvalue weighted by Crippen LogP contribution is 2.37. The summed E-state index contributed by atoms with van der Waals surface area (Å²) in [6.07, 6.45) is 0.188. The van der Waals surface area contributed by atoms with E-state index in [2.05, 4.69) is 10.5 Å². The molecule has 11 nitrogen and oxygen atoms in total. The van der Waals surface area contributed by atoms with Crippen molar-refractivity contribution in [3.63, 3.8) is 0 Å². The molecular weight excluding hydrogens is 430 g/mol. The maximum atomic E-state index is 13.1. The van der Waals surface area contributed by atoms with Gasteiger partial charge in [-0.05, 0) is 19.1 Å². The monoisotopic (exact) mass is 455 g/mol. The highest BCUT2D eigenvalue weighted by molar-refractivity contribution is 6.00. The number of fused-ring (bicyclic) bond motifs is 1. The molecule has 1 atom stereocenters. The van der Waals surface area contributed by atoms with E-state index in [-0.39, 0.29) is 43.4 Å². The van der Waals surface area contributed by atoms with E-state index in [1.54, 1.807) is 34.9 Å². The van der Waals surface area contributed by atoms with Crippen LogP contribution >= 0.6 is 0 Å². The largest absolute Gasteiger partial charge is 0.454 e. The van der Waals surface area contributed by atoms with Gasteiger partial charge < -0.3 is 29.1 Å². The van der Waals surface area contributed by atoms with Crippen LogP contribution in [0.25, 0.3) is 0 Å². The Morgan fingerprint density at radius 1 is 1.12 bits per heavy atom. The molecule has 0 bridgehead atoms. The van der Waals surface area contributed by atoms with Gasteiger partial charge in [-0.3, -0.25) is 19.3 Å². The summed E-state index contributed by atoms with van der Waals surface area (Å²) < 4.78 is 15.7. The molecule has 33 heavy (non-hydrogen) atoms. The van der Waals surface area contributed by atoms with Crippen LogP contribution in [0.5, 0.6) is 11.5 Å². The van der Waals surface area contributed by atoms with Gasteiger partial charge in [-0.15, -0.1) is 0 Å². The number of aryl methyl sites for hydroxylation is 1. The van der Waals surface area contributed by atoms with Crippen molar-refractivity contribution in [3.8, 4) is 11.5 Å². The number of aromatic nitrogens is 1. The SMILES string of the molecule is Cc1cc(NC(=O)CN2CCN(C(=O)C3CC(=O)N(c4ccc5c(c4)OCO5)C3)CC2)no1. The van der Waals surface area contributed by atoms with Crippen molar-refractivity contribution in [2.24, 2.45) is 5.92 Å². The van der Waals surface area contributed by atoms with Crippen molar-refractivity contribution in [1.29, 1.82) is 0 Å². The lowest BCUT2D eigenvalue weighted by molar-refractivity contribution is -0.137. The highest BCUT2D eigenvalue weighted by Gasteiger charge is 2.38. The second-order valence-electron chi connectivity index (χ2n) is 8.42. The molecule has 3 aliphatic rings. The van der Waals surface area contributed by atoms with Gasteiger partial charge >= 0.3 is 0 Å². The number of hydrogen-bond acceptors (Lipinski definition) is 8. The minimum absolute atomic E-state index is 0.0197. The predicted molar refractivity (Wildman–Crippen MR) is 116 cm³/mol. The molecule has 3 amide bonds. The van der Waals surface area contributed by atoms with Crippen molar-refractivity contribution in [2.75, 3.05) is 56.3 Å². The number of amides is 3. The number of piperazine rings is 1. The first kappa shape index (κ1) is 21.3. The fourth-order valence-electron chi connectivity index (χ4n) is 4.37. The second kappa shape index (κ2) is 8.74. The topological polar surface area (TPSA) is 117 Å². The molecule has 174 valence electrons. The zero-order valence-corrected chi connectivity index (χ0v) is 18.3. The lowest BCUT2D eigenvalue weighted by Gasteiger charge is -2.35. The molecule has 0 spiro atoms. The Kier molecular flexibility index (Phi) is 5.63. The quantitative estimate of drug-likeness (QED) is 0.705. The maximum absolute atomic E-state index is 13.1. The first-order chi connectivity index (χ1) is 16.0. The summed E-state index contributed by atoms with van der Waals surface area (Å²) in [6, 6.07) is 7.02. The average Bonchev–Trinajstić information content (AvgIpc) is 3.53. The molecule has 0 aliphatic carbocycles. The molecule has 2 aromatic rings. The van der Waals surface area contributed by atoms with Crippen molar-refractivity contribution in [2.45, 2.75) is 13.3 Å². The van der Waals surface area contributed by atoms with Crippen LogP contribution in [0.3, 0.4) is 0 Å². The third kappa shape index (κ3) is 4.49. The fraction of sp³-hybridized carbons (Fsp3) is 0.455. The first-order valence-corrected chi connectivity index (χ1v) is 10.9. The van der Waals surface area contributed by atoms with Gasteiger partial charge in [0.05, 0.1) is 12.5 Å². The van der Waals surface area contributed by atoms with Crippen LogP contribution in [-0.4, -0.2) is 78.7 Å². The van der Waals surface area contributed by atoms with Crippen LogP contribution in [0.15, 0.2) is 28.8 Å². The number of hydrogen-bond donors (Lipinski definition) is 1. The van der Waals surface area contributed by atoms with E-state index < -0.39 is 0 Å². The molecule has 4 heterocycles. The third-order valence-electron chi connectivity index (χ3n) is 6.09. The van der Waals surface area contributed by atoms with Crippen molar-refractivity contribution < 1.29 is 28.4 Å². The molecule has 3 aliphatic heterocycles. The van der Waals surface area contributed by atoms with Gasteiger partial charge in [0, 0.05) is 57.0 Å². The summed E-state index contributed by atoms with van der Waals surface area (Å²) in [7, 11) is 0. The number of anilines is 2. The molecule has 1 unspecified atom stereocenters. The summed E-state index contributed by atoms with van der Waals surface area (Å²) in [5.41, 5.74) is 0.706. The molecule has 5 rings (SSSR count). The molecule has 2 saturated heterocycles. The molecule has 2 fully saturated rings. The summed E-state index contributed by atoms with van der Waals surface area (Å²) >= 11 is 0. The van der Waals surface area contributed by atoms with Crippen molar-refractivity contribution in [3.05, 3.63) is 30.0 Å². The number of ether oxygens (including phenoxy) is 2. The van der Waals surface area contributed by atoms with E-state index in [1.807, 2.05) is 11.0 Å². The Hall–Kier alpha value is -3.60. The maximum Gasteiger partial charge on any atom is 0.239 e. The fourth-order valence-corrected chi connectivity index (χ4v) is 4.37. The van der Waals surface area contributed by atoms with Gasteiger partial charge in [0.1, 0.15) is 5.76 Å². The van der Waals surface area contributed by atoms with Crippen LogP contribution in [0.1, 0.15) is 12.2 Å². The number of benzene rings is 1. The number of nitrogens with one attached hydrogen (secondary N) is 1. The Morgan fingerprint density at radius 2 is 1.91 bits per heavy atom. The van der Waals surface area contributed by atoms with Crippen LogP contribution < -0.4 is 19.7 Å². The predicted octanol–water partition coefficient (Wildman–Crippen LogP) is 0.848. The number of nitrogens with zero attached hydrogens (tertiary/aromatic N) is 4. The van der Waals surface area contributed by atoms with Gasteiger partial charge in [0.2, 0.25) is 24.5 Å². The Bertz CT molecular complexity index is 1080. The molecule has 11 heteroatoms. The highest BCUT2D eigenvalue weighted by atomic mass is 16.7. The van der Waals surface area contributed by atoms with E-state index in [4.69, 9.17) is 14.0 Å². The molecule has 1 aromatic heterocycles. The Balaban J connectivity index is 1.12. The standard InChI is InChI=1S/C22H25N5O6/c1-14-8-19(24-33-14)23-20(28)12-25-4-6-26(7-5-25)22(30)15-9-21(29)27(11-15)16-2-3-17-18(10-16)32-13-31-17/h2-3,8,10,15H,4-7,9,11-13H2,1H3,(H,23,24,28). The van der Waals surface area contributed by atoms with Gasteiger partial charge in [-0.1, -0.05) is 5.16 Å². The molecule has 0 saturated carbocycles. The zero-order chi connectivity index (χ0) is 22.9. The number of rotatable bonds is 5. The smallest absolute Gasteiger partial charge is 0.239 e. The second-order valence-corrected chi connectivity index (χ2v) is 8.42. The van der Waals surface area contributed by atoms with Crippen LogP contribution in [0.2, 0.25) is 0 Å². The summed E-state index contributed by atoms with van der Waals surface area (Å²) in [5.74, 6) is 1.62. The van der Waals surface area contributed by atoms with E-state index in [0.717, 1.165) is 0 Å². The number of carbonyl (C=O) groups excluding carboxylic acids is 3. The van der Waals surface area contributed by atoms with E-state index in [1.165, 1.54) is 0 Å². The molecule has 1 aromatic carbocycles. The lowest BCUT2D eigenvalue weighted by Crippen LogP contribution is -2.52. The van der Waals surface area contributed by atoms with Gasteiger partial charge in [0.25, 0.3) is 0 Å². The Labute approximate surface area is 190 Å². The minimum Gasteiger partial charge on any atom is -0.454 e. The van der Waals surface area contributed by atoms with Crippen molar-refractivity contribution >= 4 is 29.2 Å². The first-order valence-electron chi connectivity index (χ1n) is 10.9. The summed E-state index contributed by atoms with van der Waals surface area (Å²) in [6.45, 7) is 4.69. The summed E-state index contributed by atoms with van der Waals surface area (Å²) in [4.78, 5) is 43.3. The Morgan fingerprint density at radius 3 is 2.67 bits per heavy atom. The normalized spacial score (nSPS) is 20.4. The average molecular weight is 455 g/mol. The van der Waals surface area contributed by atoms with Crippen LogP contribution in [-0.2, 0) is 14.4 Å². The van der Waals surface area contributed by atoms with E-state index in [0.29, 0.717) is 61.5 Å². The molecule has 0 radical (unpaired) electrons. The minimum atomic E-state index is -0.381. The third-order valence-corrected chi connectivity index (χ3v) is 6.09. The van der Waals surface area contributed by atoms with Gasteiger partial charge in [0.15, 0.2) is 17.3 Å². The van der Waals surface area contributed by atoms with Crippen molar-refractivity contribution in [1.82, 2.24) is 15.0 Å². The van der Waals surface area contributed by atoms with Gasteiger partial charge in [-0.25, -0.2) is 0 Å². The van der Waals surface area contributed by atoms with Crippen LogP contribution in [0, 0.1) is 12.8 Å². The molecule has 1 N–H and O–H groups in total. The number of carbonyl (C=O) groups is 3. The van der Waals surface area contributed by atoms with Crippen LogP contribution in [0.4, 0.5) is 11.5 Å². The lowest BCUT2D eigenvalue weighted by atomic mass is 10.1.